The molecule has 2 unspecified atom stereocenters. The van der Waals surface area contributed by atoms with Gasteiger partial charge in [-0.05, 0) is 44.2 Å². The summed E-state index contributed by atoms with van der Waals surface area (Å²) in [4.78, 5) is 0. The smallest absolute Gasteiger partial charge is 0.122 e. The van der Waals surface area contributed by atoms with Crippen molar-refractivity contribution < 1.29 is 9.15 Å². The summed E-state index contributed by atoms with van der Waals surface area (Å²) < 4.78 is 10.9. The van der Waals surface area contributed by atoms with Crippen LogP contribution in [0.2, 0.25) is 0 Å². The predicted octanol–water partition coefficient (Wildman–Crippen LogP) is 2.13. The summed E-state index contributed by atoms with van der Waals surface area (Å²) >= 11 is 0. The molecule has 1 aromatic heterocycles. The molecule has 2 rings (SSSR count). The van der Waals surface area contributed by atoms with Gasteiger partial charge in [0.2, 0.25) is 0 Å². The molecule has 3 N–H and O–H groups in total. The number of furan rings is 1. The molecule has 90 valence electrons. The van der Waals surface area contributed by atoms with E-state index in [2.05, 4.69) is 5.43 Å². The normalized spacial score (nSPS) is 22.4. The van der Waals surface area contributed by atoms with Gasteiger partial charge in [0.05, 0.1) is 18.4 Å². The van der Waals surface area contributed by atoms with Crippen LogP contribution in [0.5, 0.6) is 0 Å². The highest BCUT2D eigenvalue weighted by Crippen LogP contribution is 2.22. The number of nitrogens with one attached hydrogen (secondary N) is 1. The van der Waals surface area contributed by atoms with Gasteiger partial charge < -0.3 is 9.15 Å². The van der Waals surface area contributed by atoms with Gasteiger partial charge in [-0.3, -0.25) is 5.84 Å². The van der Waals surface area contributed by atoms with Crippen molar-refractivity contribution in [2.24, 2.45) is 5.84 Å². The maximum absolute atomic E-state index is 5.58. The summed E-state index contributed by atoms with van der Waals surface area (Å²) in [7, 11) is 0. The Morgan fingerprint density at radius 2 is 2.50 bits per heavy atom. The van der Waals surface area contributed by atoms with E-state index in [1.54, 1.807) is 6.26 Å². The van der Waals surface area contributed by atoms with Crippen LogP contribution in [-0.2, 0) is 4.74 Å². The number of nitrogens with two attached hydrogens (primary N) is 1. The third kappa shape index (κ3) is 3.07. The number of hydrogen-bond acceptors (Lipinski definition) is 4. The van der Waals surface area contributed by atoms with E-state index in [0.717, 1.165) is 31.6 Å². The number of ether oxygens (including phenoxy) is 1. The Labute approximate surface area is 96.1 Å². The first-order valence-electron chi connectivity index (χ1n) is 6.01. The van der Waals surface area contributed by atoms with Crippen LogP contribution in [-0.4, -0.2) is 12.7 Å². The van der Waals surface area contributed by atoms with Gasteiger partial charge in [0.25, 0.3) is 0 Å². The van der Waals surface area contributed by atoms with Crippen LogP contribution < -0.4 is 11.3 Å². The van der Waals surface area contributed by atoms with Crippen molar-refractivity contribution >= 4 is 0 Å². The Balaban J connectivity index is 1.71. The Hall–Kier alpha value is -0.840. The highest BCUT2D eigenvalue weighted by Gasteiger charge is 2.17. The molecule has 16 heavy (non-hydrogen) atoms. The second-order valence-electron chi connectivity index (χ2n) is 4.30. The molecular formula is C12H20N2O2. The van der Waals surface area contributed by atoms with Gasteiger partial charge in [0.1, 0.15) is 5.76 Å². The zero-order valence-electron chi connectivity index (χ0n) is 9.52. The summed E-state index contributed by atoms with van der Waals surface area (Å²) in [6.45, 7) is 0.932. The summed E-state index contributed by atoms with van der Waals surface area (Å²) in [6, 6.07) is 3.97. The Kier molecular flexibility index (Phi) is 4.39. The second kappa shape index (κ2) is 6.03. The van der Waals surface area contributed by atoms with Gasteiger partial charge in [-0.1, -0.05) is 0 Å². The van der Waals surface area contributed by atoms with Crippen molar-refractivity contribution in [3.63, 3.8) is 0 Å². The minimum Gasteiger partial charge on any atom is -0.468 e. The van der Waals surface area contributed by atoms with Crippen LogP contribution >= 0.6 is 0 Å². The molecule has 1 aromatic rings. The van der Waals surface area contributed by atoms with E-state index in [9.17, 15) is 0 Å². The molecule has 4 nitrogen and oxygen atoms in total. The van der Waals surface area contributed by atoms with E-state index in [4.69, 9.17) is 15.0 Å². The first-order valence-corrected chi connectivity index (χ1v) is 6.01. The summed E-state index contributed by atoms with van der Waals surface area (Å²) in [6.07, 6.45) is 7.79. The average molecular weight is 224 g/mol. The number of hydrogen-bond donors (Lipinski definition) is 2. The third-order valence-corrected chi connectivity index (χ3v) is 3.13. The predicted molar refractivity (Wildman–Crippen MR) is 61.6 cm³/mol. The van der Waals surface area contributed by atoms with E-state index >= 15 is 0 Å². The largest absolute Gasteiger partial charge is 0.468 e. The lowest BCUT2D eigenvalue weighted by molar-refractivity contribution is 0.101. The van der Waals surface area contributed by atoms with Crippen molar-refractivity contribution in [3.05, 3.63) is 24.2 Å². The van der Waals surface area contributed by atoms with E-state index in [0.29, 0.717) is 6.10 Å². The topological polar surface area (TPSA) is 60.4 Å². The SMILES string of the molecule is NNC(CCCC1CCCO1)c1ccco1. The molecule has 0 aromatic carbocycles. The summed E-state index contributed by atoms with van der Waals surface area (Å²) in [5, 5.41) is 0. The Morgan fingerprint density at radius 1 is 1.56 bits per heavy atom. The molecule has 0 radical (unpaired) electrons. The maximum Gasteiger partial charge on any atom is 0.122 e. The fourth-order valence-electron chi connectivity index (χ4n) is 2.22. The standard InChI is InChI=1S/C12H20N2O2/c13-14-11(12-7-3-9-16-12)6-1-4-10-5-2-8-15-10/h3,7,9-11,14H,1-2,4-6,8,13H2. The summed E-state index contributed by atoms with van der Waals surface area (Å²) in [5.74, 6) is 6.43. The lowest BCUT2D eigenvalue weighted by atomic mass is 10.0. The molecule has 0 aliphatic carbocycles. The van der Waals surface area contributed by atoms with Gasteiger partial charge in [-0.2, -0.15) is 0 Å². The van der Waals surface area contributed by atoms with Crippen molar-refractivity contribution in [2.45, 2.75) is 44.2 Å². The highest BCUT2D eigenvalue weighted by molar-refractivity contribution is 5.03. The molecule has 2 heterocycles. The molecule has 0 bridgehead atoms. The van der Waals surface area contributed by atoms with Gasteiger partial charge in [0, 0.05) is 6.61 Å². The van der Waals surface area contributed by atoms with E-state index in [-0.39, 0.29) is 6.04 Å². The number of rotatable bonds is 6. The highest BCUT2D eigenvalue weighted by atomic mass is 16.5. The molecule has 4 heteroatoms. The molecule has 1 saturated heterocycles. The molecule has 1 aliphatic heterocycles. The molecule has 0 spiro atoms. The molecule has 1 fully saturated rings. The third-order valence-electron chi connectivity index (χ3n) is 3.13. The van der Waals surface area contributed by atoms with E-state index < -0.39 is 0 Å². The minimum absolute atomic E-state index is 0.122. The van der Waals surface area contributed by atoms with Crippen LogP contribution in [0.25, 0.3) is 0 Å². The Bertz CT molecular complexity index is 281. The zero-order valence-corrected chi connectivity index (χ0v) is 9.52. The molecule has 2 atom stereocenters. The number of hydrazine groups is 1. The average Bonchev–Trinajstić information content (AvgIpc) is 2.96. The van der Waals surface area contributed by atoms with Gasteiger partial charge in [-0.15, -0.1) is 0 Å². The van der Waals surface area contributed by atoms with Gasteiger partial charge in [0.15, 0.2) is 0 Å². The quantitative estimate of drug-likeness (QED) is 0.574. The summed E-state index contributed by atoms with van der Waals surface area (Å²) in [5.41, 5.74) is 2.80. The second-order valence-corrected chi connectivity index (χ2v) is 4.30. The van der Waals surface area contributed by atoms with Crippen LogP contribution in [0, 0.1) is 0 Å². The van der Waals surface area contributed by atoms with Gasteiger partial charge >= 0.3 is 0 Å². The van der Waals surface area contributed by atoms with Gasteiger partial charge in [-0.25, -0.2) is 5.43 Å². The molecular weight excluding hydrogens is 204 g/mol. The van der Waals surface area contributed by atoms with Crippen molar-refractivity contribution in [3.8, 4) is 0 Å². The first kappa shape index (κ1) is 11.6. The van der Waals surface area contributed by atoms with E-state index in [1.807, 2.05) is 12.1 Å². The first-order chi connectivity index (χ1) is 7.90. The lowest BCUT2D eigenvalue weighted by Crippen LogP contribution is -2.27. The lowest BCUT2D eigenvalue weighted by Gasteiger charge is -2.14. The minimum atomic E-state index is 0.122. The van der Waals surface area contributed by atoms with Crippen LogP contribution in [0.1, 0.15) is 43.9 Å². The van der Waals surface area contributed by atoms with Crippen molar-refractivity contribution in [2.75, 3.05) is 6.61 Å². The van der Waals surface area contributed by atoms with Crippen LogP contribution in [0.4, 0.5) is 0 Å². The molecule has 0 saturated carbocycles. The molecule has 1 aliphatic rings. The monoisotopic (exact) mass is 224 g/mol. The molecule has 0 amide bonds. The van der Waals surface area contributed by atoms with Crippen molar-refractivity contribution in [1.29, 1.82) is 0 Å². The van der Waals surface area contributed by atoms with Crippen LogP contribution in [0.15, 0.2) is 22.8 Å². The fraction of sp³-hybridized carbons (Fsp3) is 0.667. The zero-order chi connectivity index (χ0) is 11.2. The Morgan fingerprint density at radius 3 is 3.12 bits per heavy atom. The van der Waals surface area contributed by atoms with E-state index in [1.165, 1.54) is 12.8 Å². The van der Waals surface area contributed by atoms with Crippen molar-refractivity contribution in [1.82, 2.24) is 5.43 Å². The fourth-order valence-corrected chi connectivity index (χ4v) is 2.22. The van der Waals surface area contributed by atoms with Crippen LogP contribution in [0.3, 0.4) is 0 Å². The maximum atomic E-state index is 5.58.